The molecule has 2 heteroatoms. The Morgan fingerprint density at radius 2 is 1.84 bits per heavy atom. The first-order chi connectivity index (χ1) is 21.6. The quantitative estimate of drug-likeness (QED) is 0.209. The van der Waals surface area contributed by atoms with Crippen LogP contribution in [0.15, 0.2) is 102 Å². The van der Waals surface area contributed by atoms with Gasteiger partial charge in [-0.1, -0.05) is 86.6 Å². The molecule has 44 heavy (non-hydrogen) atoms. The highest BCUT2D eigenvalue weighted by molar-refractivity contribution is 6.15. The van der Waals surface area contributed by atoms with Crippen LogP contribution in [0.3, 0.4) is 0 Å². The number of benzene rings is 2. The van der Waals surface area contributed by atoms with E-state index >= 15 is 0 Å². The summed E-state index contributed by atoms with van der Waals surface area (Å²) in [5.41, 5.74) is 13.1. The van der Waals surface area contributed by atoms with Crippen molar-refractivity contribution in [2.24, 2.45) is 17.8 Å². The van der Waals surface area contributed by atoms with Crippen molar-refractivity contribution in [3.63, 3.8) is 0 Å². The van der Waals surface area contributed by atoms with Crippen molar-refractivity contribution in [2.45, 2.75) is 72.1 Å². The SMILES string of the molecule is C/C=C\C=C(/C(C)C)n1c2c(c3cc4c5ccccc5n(C5=CC(C6C=CC=CC6)=C6CCCCC6C5)c4cc31)CCC=C2. The first kappa shape index (κ1) is 27.5. The van der Waals surface area contributed by atoms with Gasteiger partial charge in [0.15, 0.2) is 0 Å². The molecule has 1 fully saturated rings. The summed E-state index contributed by atoms with van der Waals surface area (Å²) in [5, 5.41) is 4.17. The van der Waals surface area contributed by atoms with Gasteiger partial charge in [-0.2, -0.15) is 0 Å². The van der Waals surface area contributed by atoms with Gasteiger partial charge in [0, 0.05) is 39.2 Å². The molecule has 2 nitrogen and oxygen atoms in total. The Kier molecular flexibility index (Phi) is 6.97. The molecule has 1 saturated carbocycles. The molecule has 0 radical (unpaired) electrons. The molecule has 2 atom stereocenters. The fraction of sp³-hybridized carbons (Fsp3) is 0.333. The molecule has 4 aliphatic rings. The fourth-order valence-corrected chi connectivity index (χ4v) is 8.59. The molecular formula is C42H44N2. The van der Waals surface area contributed by atoms with Crippen LogP contribution in [0.1, 0.15) is 77.0 Å². The average molecular weight is 577 g/mol. The van der Waals surface area contributed by atoms with Crippen molar-refractivity contribution >= 4 is 50.2 Å². The normalized spacial score (nSPS) is 22.2. The van der Waals surface area contributed by atoms with Gasteiger partial charge in [0.2, 0.25) is 0 Å². The number of hydrogen-bond acceptors (Lipinski definition) is 0. The maximum absolute atomic E-state index is 2.65. The number of aryl methyl sites for hydroxylation is 1. The van der Waals surface area contributed by atoms with E-state index in [1.165, 1.54) is 81.0 Å². The van der Waals surface area contributed by atoms with Crippen LogP contribution in [-0.2, 0) is 6.42 Å². The smallest absolute Gasteiger partial charge is 0.0559 e. The maximum atomic E-state index is 2.65. The summed E-state index contributed by atoms with van der Waals surface area (Å²) in [4.78, 5) is 0. The largest absolute Gasteiger partial charge is 0.313 e. The van der Waals surface area contributed by atoms with Crippen molar-refractivity contribution in [3.8, 4) is 0 Å². The van der Waals surface area contributed by atoms with Crippen LogP contribution in [0.4, 0.5) is 0 Å². The van der Waals surface area contributed by atoms with Crippen LogP contribution in [0.2, 0.25) is 0 Å². The van der Waals surface area contributed by atoms with E-state index in [1.54, 1.807) is 11.1 Å². The van der Waals surface area contributed by atoms with E-state index in [9.17, 15) is 0 Å². The van der Waals surface area contributed by atoms with Gasteiger partial charge < -0.3 is 9.13 Å². The molecule has 2 aromatic heterocycles. The molecule has 0 aliphatic heterocycles. The van der Waals surface area contributed by atoms with Crippen LogP contribution >= 0.6 is 0 Å². The number of para-hydroxylation sites is 1. The highest BCUT2D eigenvalue weighted by atomic mass is 15.0. The maximum Gasteiger partial charge on any atom is 0.0559 e. The predicted octanol–water partition coefficient (Wildman–Crippen LogP) is 11.6. The minimum atomic E-state index is 0.402. The number of fused-ring (bicyclic) bond motifs is 7. The second-order valence-electron chi connectivity index (χ2n) is 13.6. The Hall–Kier alpha value is -4.04. The highest BCUT2D eigenvalue weighted by Crippen LogP contribution is 2.47. The number of nitrogens with zero attached hydrogens (tertiary/aromatic N) is 2. The average Bonchev–Trinajstić information content (AvgIpc) is 3.56. The first-order valence-electron chi connectivity index (χ1n) is 17.0. The summed E-state index contributed by atoms with van der Waals surface area (Å²) < 4.78 is 5.22. The van der Waals surface area contributed by atoms with Gasteiger partial charge in [-0.25, -0.2) is 0 Å². The minimum Gasteiger partial charge on any atom is -0.313 e. The van der Waals surface area contributed by atoms with Crippen LogP contribution in [0.5, 0.6) is 0 Å². The third-order valence-corrected chi connectivity index (χ3v) is 10.6. The Morgan fingerprint density at radius 3 is 2.68 bits per heavy atom. The molecule has 2 aromatic carbocycles. The lowest BCUT2D eigenvalue weighted by Gasteiger charge is -2.35. The summed E-state index contributed by atoms with van der Waals surface area (Å²) in [7, 11) is 0. The zero-order valence-corrected chi connectivity index (χ0v) is 26.5. The van der Waals surface area contributed by atoms with E-state index in [0.717, 1.165) is 25.7 Å². The molecule has 0 amide bonds. The Labute approximate surface area is 262 Å². The van der Waals surface area contributed by atoms with Crippen molar-refractivity contribution in [1.82, 2.24) is 9.13 Å². The third kappa shape index (κ3) is 4.37. The van der Waals surface area contributed by atoms with Crippen molar-refractivity contribution < 1.29 is 0 Å². The van der Waals surface area contributed by atoms with Gasteiger partial charge in [0.1, 0.15) is 0 Å². The van der Waals surface area contributed by atoms with Crippen molar-refractivity contribution in [3.05, 3.63) is 113 Å². The summed E-state index contributed by atoms with van der Waals surface area (Å²) in [6.45, 7) is 6.76. The number of aromatic nitrogens is 2. The molecule has 0 spiro atoms. The zero-order valence-electron chi connectivity index (χ0n) is 26.5. The van der Waals surface area contributed by atoms with Crippen molar-refractivity contribution in [2.75, 3.05) is 0 Å². The van der Waals surface area contributed by atoms with Gasteiger partial charge in [-0.05, 0) is 111 Å². The predicted molar refractivity (Wildman–Crippen MR) is 190 cm³/mol. The lowest BCUT2D eigenvalue weighted by Crippen LogP contribution is -2.21. The number of rotatable bonds is 5. The Bertz CT molecular complexity index is 2000. The van der Waals surface area contributed by atoms with Gasteiger partial charge in [-0.15, -0.1) is 0 Å². The van der Waals surface area contributed by atoms with Gasteiger partial charge >= 0.3 is 0 Å². The minimum absolute atomic E-state index is 0.402. The van der Waals surface area contributed by atoms with E-state index < -0.39 is 0 Å². The van der Waals surface area contributed by atoms with E-state index in [2.05, 4.69) is 127 Å². The summed E-state index contributed by atoms with van der Waals surface area (Å²) in [6, 6.07) is 14.2. The molecule has 0 saturated heterocycles. The summed E-state index contributed by atoms with van der Waals surface area (Å²) in [6.07, 6.45) is 33.0. The molecule has 8 rings (SSSR count). The molecule has 0 N–H and O–H groups in total. The van der Waals surface area contributed by atoms with E-state index in [1.807, 2.05) is 0 Å². The lowest BCUT2D eigenvalue weighted by molar-refractivity contribution is 0.443. The third-order valence-electron chi connectivity index (χ3n) is 10.6. The monoisotopic (exact) mass is 576 g/mol. The molecule has 4 aliphatic carbocycles. The lowest BCUT2D eigenvalue weighted by atomic mass is 9.72. The molecule has 4 aromatic rings. The van der Waals surface area contributed by atoms with Gasteiger partial charge in [-0.3, -0.25) is 0 Å². The van der Waals surface area contributed by atoms with Crippen LogP contribution in [0, 0.1) is 17.8 Å². The summed E-state index contributed by atoms with van der Waals surface area (Å²) in [5.74, 6) is 1.56. The number of hydrogen-bond donors (Lipinski definition) is 0. The molecule has 2 heterocycles. The standard InChI is InChI=1S/C42H44N2/c1-4-5-21-38(28(2)3)44-40-23-14-12-20-34(40)37-26-36-33-19-11-13-22-39(33)43(41(36)27-42(37)44)31-24-30-17-9-10-18-32(30)35(25-31)29-15-7-6-8-16-29/h4-8,11,13-15,19,21-23,25-30H,9-10,12,16-18,20,24H2,1-3H3/b5-4-,38-21+. The van der Waals surface area contributed by atoms with E-state index in [0.29, 0.717) is 17.8 Å². The molecular weight excluding hydrogens is 532 g/mol. The molecule has 2 unspecified atom stereocenters. The Morgan fingerprint density at radius 1 is 0.932 bits per heavy atom. The molecule has 0 bridgehead atoms. The topological polar surface area (TPSA) is 9.86 Å². The van der Waals surface area contributed by atoms with E-state index in [-0.39, 0.29) is 0 Å². The first-order valence-corrected chi connectivity index (χ1v) is 17.0. The van der Waals surface area contributed by atoms with Crippen LogP contribution < -0.4 is 0 Å². The zero-order chi connectivity index (χ0) is 29.8. The van der Waals surface area contributed by atoms with Gasteiger partial charge in [0.05, 0.1) is 16.6 Å². The van der Waals surface area contributed by atoms with Gasteiger partial charge in [0.25, 0.3) is 0 Å². The second kappa shape index (κ2) is 11.1. The summed E-state index contributed by atoms with van der Waals surface area (Å²) >= 11 is 0. The fourth-order valence-electron chi connectivity index (χ4n) is 8.59. The second-order valence-corrected chi connectivity index (χ2v) is 13.6. The van der Waals surface area contributed by atoms with Crippen LogP contribution in [-0.4, -0.2) is 9.13 Å². The van der Waals surface area contributed by atoms with Crippen molar-refractivity contribution in [1.29, 1.82) is 0 Å². The highest BCUT2D eigenvalue weighted by Gasteiger charge is 2.31. The molecule has 222 valence electrons. The van der Waals surface area contributed by atoms with E-state index in [4.69, 9.17) is 0 Å². The van der Waals surface area contributed by atoms with Crippen LogP contribution in [0.25, 0.3) is 50.2 Å². The Balaban J connectivity index is 1.42. The number of allylic oxidation sites excluding steroid dienone is 13.